The Kier molecular flexibility index (Phi) is 5.33. The third kappa shape index (κ3) is 3.65. The van der Waals surface area contributed by atoms with Crippen molar-refractivity contribution in [2.75, 3.05) is 6.54 Å². The van der Waals surface area contributed by atoms with Crippen LogP contribution in [0.1, 0.15) is 46.1 Å². The average molecular weight is 232 g/mol. The first-order valence-electron chi connectivity index (χ1n) is 6.55. The first kappa shape index (κ1) is 13.9. The van der Waals surface area contributed by atoms with Crippen molar-refractivity contribution in [1.29, 1.82) is 0 Å². The lowest BCUT2D eigenvalue weighted by atomic mass is 9.77. The Morgan fingerprint density at radius 3 is 2.29 bits per heavy atom. The summed E-state index contributed by atoms with van der Waals surface area (Å²) >= 11 is 0. The van der Waals surface area contributed by atoms with Gasteiger partial charge >= 0.3 is 0 Å². The molecule has 0 bridgehead atoms. The van der Waals surface area contributed by atoms with Crippen LogP contribution >= 0.6 is 0 Å². The van der Waals surface area contributed by atoms with E-state index >= 15 is 0 Å². The molecule has 1 aromatic carbocycles. The SMILES string of the molecule is CCCN=NC(CC)C(C)(C)c1ccccc1. The molecule has 17 heavy (non-hydrogen) atoms. The lowest BCUT2D eigenvalue weighted by Gasteiger charge is -2.30. The van der Waals surface area contributed by atoms with Crippen LogP contribution in [0.3, 0.4) is 0 Å². The van der Waals surface area contributed by atoms with E-state index in [4.69, 9.17) is 0 Å². The zero-order chi connectivity index (χ0) is 12.7. The topological polar surface area (TPSA) is 24.7 Å². The van der Waals surface area contributed by atoms with Gasteiger partial charge in [-0.25, -0.2) is 0 Å². The summed E-state index contributed by atoms with van der Waals surface area (Å²) in [6, 6.07) is 10.9. The molecule has 0 heterocycles. The van der Waals surface area contributed by atoms with E-state index in [-0.39, 0.29) is 11.5 Å². The molecule has 2 heteroatoms. The van der Waals surface area contributed by atoms with Gasteiger partial charge in [-0.3, -0.25) is 0 Å². The summed E-state index contributed by atoms with van der Waals surface area (Å²) in [6.45, 7) is 9.65. The van der Waals surface area contributed by atoms with Crippen LogP contribution in [0, 0.1) is 0 Å². The summed E-state index contributed by atoms with van der Waals surface area (Å²) in [6.07, 6.45) is 2.08. The zero-order valence-electron chi connectivity index (χ0n) is 11.5. The van der Waals surface area contributed by atoms with Crippen molar-refractivity contribution in [3.05, 3.63) is 35.9 Å². The predicted octanol–water partition coefficient (Wildman–Crippen LogP) is 4.61. The molecule has 0 radical (unpaired) electrons. The highest BCUT2D eigenvalue weighted by molar-refractivity contribution is 5.25. The normalized spacial score (nSPS) is 14.1. The summed E-state index contributed by atoms with van der Waals surface area (Å²) in [7, 11) is 0. The molecule has 0 spiro atoms. The van der Waals surface area contributed by atoms with Crippen LogP contribution in [0.25, 0.3) is 0 Å². The summed E-state index contributed by atoms with van der Waals surface area (Å²) < 4.78 is 0. The van der Waals surface area contributed by atoms with Crippen molar-refractivity contribution in [1.82, 2.24) is 0 Å². The van der Waals surface area contributed by atoms with E-state index in [1.807, 2.05) is 0 Å². The fourth-order valence-corrected chi connectivity index (χ4v) is 2.05. The molecular formula is C15H24N2. The van der Waals surface area contributed by atoms with E-state index in [2.05, 4.69) is 68.3 Å². The van der Waals surface area contributed by atoms with Gasteiger partial charge in [0, 0.05) is 5.41 Å². The van der Waals surface area contributed by atoms with Gasteiger partial charge in [0.15, 0.2) is 0 Å². The van der Waals surface area contributed by atoms with Crippen LogP contribution in [0.4, 0.5) is 0 Å². The summed E-state index contributed by atoms with van der Waals surface area (Å²) in [5.41, 5.74) is 1.38. The molecule has 0 saturated heterocycles. The van der Waals surface area contributed by atoms with Gasteiger partial charge in [-0.1, -0.05) is 58.0 Å². The standard InChI is InChI=1S/C15H24N2/c1-5-12-16-17-14(6-2)15(3,4)13-10-8-7-9-11-13/h7-11,14H,5-6,12H2,1-4H3. The average Bonchev–Trinajstić information content (AvgIpc) is 2.35. The maximum Gasteiger partial charge on any atom is 0.0796 e. The van der Waals surface area contributed by atoms with Gasteiger partial charge in [-0.05, 0) is 18.4 Å². The minimum atomic E-state index is 0.0489. The molecule has 1 rings (SSSR count). The van der Waals surface area contributed by atoms with Crippen LogP contribution in [0.2, 0.25) is 0 Å². The Bertz CT molecular complexity index is 341. The van der Waals surface area contributed by atoms with Gasteiger partial charge in [0.1, 0.15) is 0 Å². The fourth-order valence-electron chi connectivity index (χ4n) is 2.05. The molecule has 0 amide bonds. The second kappa shape index (κ2) is 6.53. The molecule has 0 fully saturated rings. The van der Waals surface area contributed by atoms with Crippen LogP contribution in [0.15, 0.2) is 40.6 Å². The highest BCUT2D eigenvalue weighted by atomic mass is 15.1. The van der Waals surface area contributed by atoms with E-state index < -0.39 is 0 Å². The van der Waals surface area contributed by atoms with Gasteiger partial charge in [0.25, 0.3) is 0 Å². The Morgan fingerprint density at radius 1 is 1.12 bits per heavy atom. The number of azo groups is 1. The van der Waals surface area contributed by atoms with Crippen LogP contribution in [-0.2, 0) is 5.41 Å². The fraction of sp³-hybridized carbons (Fsp3) is 0.600. The molecule has 1 unspecified atom stereocenters. The quantitative estimate of drug-likeness (QED) is 0.640. The maximum atomic E-state index is 4.50. The minimum Gasteiger partial charge on any atom is -0.194 e. The van der Waals surface area contributed by atoms with Gasteiger partial charge < -0.3 is 0 Å². The summed E-state index contributed by atoms with van der Waals surface area (Å²) in [5, 5.41) is 8.78. The number of hydrogen-bond acceptors (Lipinski definition) is 2. The predicted molar refractivity (Wildman–Crippen MR) is 73.6 cm³/mol. The van der Waals surface area contributed by atoms with Crippen LogP contribution in [-0.4, -0.2) is 12.6 Å². The molecule has 1 aromatic rings. The molecule has 0 N–H and O–H groups in total. The number of rotatable bonds is 6. The molecule has 1 atom stereocenters. The van der Waals surface area contributed by atoms with Gasteiger partial charge in [-0.2, -0.15) is 10.2 Å². The van der Waals surface area contributed by atoms with E-state index in [0.29, 0.717) is 0 Å². The van der Waals surface area contributed by atoms with Gasteiger partial charge in [-0.15, -0.1) is 0 Å². The monoisotopic (exact) mass is 232 g/mol. The van der Waals surface area contributed by atoms with Crippen LogP contribution in [0.5, 0.6) is 0 Å². The minimum absolute atomic E-state index is 0.0489. The third-order valence-corrected chi connectivity index (χ3v) is 3.28. The number of benzene rings is 1. The highest BCUT2D eigenvalue weighted by Crippen LogP contribution is 2.30. The van der Waals surface area contributed by atoms with E-state index in [9.17, 15) is 0 Å². The van der Waals surface area contributed by atoms with Crippen molar-refractivity contribution in [2.24, 2.45) is 10.2 Å². The Balaban J connectivity index is 2.86. The molecule has 94 valence electrons. The Hall–Kier alpha value is -1.18. The Morgan fingerprint density at radius 2 is 1.76 bits per heavy atom. The number of nitrogens with zero attached hydrogens (tertiary/aromatic N) is 2. The van der Waals surface area contributed by atoms with E-state index in [0.717, 1.165) is 19.4 Å². The third-order valence-electron chi connectivity index (χ3n) is 3.28. The van der Waals surface area contributed by atoms with Crippen molar-refractivity contribution in [3.8, 4) is 0 Å². The van der Waals surface area contributed by atoms with E-state index in [1.54, 1.807) is 0 Å². The second-order valence-electron chi connectivity index (χ2n) is 4.99. The number of hydrogen-bond donors (Lipinski definition) is 0. The van der Waals surface area contributed by atoms with Crippen LogP contribution < -0.4 is 0 Å². The van der Waals surface area contributed by atoms with Crippen molar-refractivity contribution in [3.63, 3.8) is 0 Å². The highest BCUT2D eigenvalue weighted by Gasteiger charge is 2.29. The summed E-state index contributed by atoms with van der Waals surface area (Å²) in [5.74, 6) is 0. The van der Waals surface area contributed by atoms with Crippen molar-refractivity contribution < 1.29 is 0 Å². The van der Waals surface area contributed by atoms with E-state index in [1.165, 1.54) is 5.56 Å². The largest absolute Gasteiger partial charge is 0.194 e. The summed E-state index contributed by atoms with van der Waals surface area (Å²) in [4.78, 5) is 0. The van der Waals surface area contributed by atoms with Crippen molar-refractivity contribution >= 4 is 0 Å². The smallest absolute Gasteiger partial charge is 0.0796 e. The molecule has 0 aliphatic heterocycles. The molecule has 0 aromatic heterocycles. The lowest BCUT2D eigenvalue weighted by molar-refractivity contribution is 0.386. The maximum absolute atomic E-state index is 4.50. The molecule has 0 saturated carbocycles. The first-order chi connectivity index (χ1) is 8.12. The molecule has 0 aliphatic carbocycles. The molecule has 0 aliphatic rings. The second-order valence-corrected chi connectivity index (χ2v) is 4.99. The van der Waals surface area contributed by atoms with Gasteiger partial charge in [0.2, 0.25) is 0 Å². The molecule has 2 nitrogen and oxygen atoms in total. The zero-order valence-corrected chi connectivity index (χ0v) is 11.5. The van der Waals surface area contributed by atoms with Crippen molar-refractivity contribution in [2.45, 2.75) is 52.0 Å². The van der Waals surface area contributed by atoms with Gasteiger partial charge in [0.05, 0.1) is 12.6 Å². The molecular weight excluding hydrogens is 208 g/mol. The Labute approximate surface area is 105 Å². The lowest BCUT2D eigenvalue weighted by Crippen LogP contribution is -2.31. The first-order valence-corrected chi connectivity index (χ1v) is 6.55.